The summed E-state index contributed by atoms with van der Waals surface area (Å²) in [6.45, 7) is 0. The molecule has 0 spiro atoms. The van der Waals surface area contributed by atoms with Crippen molar-refractivity contribution in [3.8, 4) is 6.07 Å². The quantitative estimate of drug-likeness (QED) is 0.767. The maximum absolute atomic E-state index is 13.2. The number of nitriles is 1. The lowest BCUT2D eigenvalue weighted by Gasteiger charge is -2.11. The Hall–Kier alpha value is -2.00. The fraction of sp³-hybridized carbons (Fsp3) is 0.364. The van der Waals surface area contributed by atoms with E-state index in [4.69, 9.17) is 10.00 Å². The molecule has 3 unspecified atom stereocenters. The molecule has 1 fully saturated rings. The monoisotopic (exact) mass is 235 g/mol. The van der Waals surface area contributed by atoms with Gasteiger partial charge in [0.25, 0.3) is 0 Å². The Bertz CT molecular complexity index is 446. The molecule has 0 radical (unpaired) electrons. The maximum atomic E-state index is 13.2. The van der Waals surface area contributed by atoms with Crippen molar-refractivity contribution in [1.82, 2.24) is 10.3 Å². The molecule has 1 aromatic heterocycles. The second kappa shape index (κ2) is 4.89. The molecule has 0 bridgehead atoms. The van der Waals surface area contributed by atoms with Crippen LogP contribution in [0.5, 0.6) is 0 Å². The average molecular weight is 235 g/mol. The van der Waals surface area contributed by atoms with Crippen LogP contribution in [-0.4, -0.2) is 29.4 Å². The van der Waals surface area contributed by atoms with E-state index in [0.29, 0.717) is 5.56 Å². The van der Waals surface area contributed by atoms with Crippen LogP contribution in [0.25, 0.3) is 0 Å². The van der Waals surface area contributed by atoms with Crippen LogP contribution >= 0.6 is 0 Å². The molecule has 1 saturated heterocycles. The third-order valence-corrected chi connectivity index (χ3v) is 2.47. The highest BCUT2D eigenvalue weighted by Crippen LogP contribution is 2.18. The summed E-state index contributed by atoms with van der Waals surface area (Å²) in [6.07, 6.45) is 0.865. The normalized spacial score (nSPS) is 27.4. The Morgan fingerprint density at radius 2 is 2.29 bits per heavy atom. The predicted molar refractivity (Wildman–Crippen MR) is 55.5 cm³/mol. The van der Waals surface area contributed by atoms with Gasteiger partial charge in [0.15, 0.2) is 6.23 Å². The first kappa shape index (κ1) is 11.5. The smallest absolute Gasteiger partial charge is 0.339 e. The van der Waals surface area contributed by atoms with Gasteiger partial charge in [-0.05, 0) is 12.1 Å². The van der Waals surface area contributed by atoms with Gasteiger partial charge < -0.3 is 4.74 Å². The Kier molecular flexibility index (Phi) is 3.30. The summed E-state index contributed by atoms with van der Waals surface area (Å²) in [5.41, 5.74) is 0.345. The van der Waals surface area contributed by atoms with Crippen molar-refractivity contribution in [2.45, 2.75) is 24.9 Å². The molecule has 0 saturated carbocycles. The fourth-order valence-electron chi connectivity index (χ4n) is 1.60. The number of ether oxygens (including phenoxy) is 1. The summed E-state index contributed by atoms with van der Waals surface area (Å²) < 4.78 is 18.2. The molecule has 17 heavy (non-hydrogen) atoms. The van der Waals surface area contributed by atoms with Gasteiger partial charge in [-0.1, -0.05) is 0 Å². The van der Waals surface area contributed by atoms with Gasteiger partial charge in [-0.3, -0.25) is 10.3 Å². The first-order valence-electron chi connectivity index (χ1n) is 5.11. The summed E-state index contributed by atoms with van der Waals surface area (Å²) in [5, 5.41) is 11.2. The first-order valence-corrected chi connectivity index (χ1v) is 5.11. The lowest BCUT2D eigenvalue weighted by Crippen LogP contribution is -2.33. The van der Waals surface area contributed by atoms with Crippen molar-refractivity contribution in [1.29, 1.82) is 5.26 Å². The number of rotatable bonds is 2. The molecule has 1 aliphatic rings. The van der Waals surface area contributed by atoms with Gasteiger partial charge in [-0.25, -0.2) is 9.18 Å². The number of halogens is 1. The SMILES string of the molecule is N#CC1NC(OC(=O)c2ccncc2)CC1F. The topological polar surface area (TPSA) is 75.0 Å². The van der Waals surface area contributed by atoms with Crippen LogP contribution in [0.4, 0.5) is 4.39 Å². The summed E-state index contributed by atoms with van der Waals surface area (Å²) >= 11 is 0. The fourth-order valence-corrected chi connectivity index (χ4v) is 1.60. The molecule has 2 rings (SSSR count). The second-order valence-corrected chi connectivity index (χ2v) is 3.65. The third-order valence-electron chi connectivity index (χ3n) is 2.47. The number of esters is 1. The van der Waals surface area contributed by atoms with E-state index >= 15 is 0 Å². The van der Waals surface area contributed by atoms with Gasteiger partial charge in [-0.2, -0.15) is 5.26 Å². The lowest BCUT2D eigenvalue weighted by atomic mass is 10.2. The molecular weight excluding hydrogens is 225 g/mol. The summed E-state index contributed by atoms with van der Waals surface area (Å²) in [5.74, 6) is -0.560. The number of hydrogen-bond donors (Lipinski definition) is 1. The van der Waals surface area contributed by atoms with Crippen molar-refractivity contribution in [3.05, 3.63) is 30.1 Å². The van der Waals surface area contributed by atoms with Crippen LogP contribution in [0.15, 0.2) is 24.5 Å². The molecule has 0 aromatic carbocycles. The molecule has 2 heterocycles. The summed E-state index contributed by atoms with van der Waals surface area (Å²) in [7, 11) is 0. The number of aromatic nitrogens is 1. The molecule has 1 aliphatic heterocycles. The van der Waals surface area contributed by atoms with E-state index in [9.17, 15) is 9.18 Å². The van der Waals surface area contributed by atoms with Crippen LogP contribution in [0.2, 0.25) is 0 Å². The Labute approximate surface area is 97.2 Å². The maximum Gasteiger partial charge on any atom is 0.339 e. The van der Waals surface area contributed by atoms with Crippen molar-refractivity contribution < 1.29 is 13.9 Å². The number of carbonyl (C=O) groups is 1. The minimum absolute atomic E-state index is 0.00491. The number of pyridine rings is 1. The largest absolute Gasteiger partial charge is 0.443 e. The van der Waals surface area contributed by atoms with E-state index in [-0.39, 0.29) is 6.42 Å². The molecule has 6 heteroatoms. The number of alkyl halides is 1. The highest BCUT2D eigenvalue weighted by Gasteiger charge is 2.36. The zero-order valence-electron chi connectivity index (χ0n) is 8.84. The van der Waals surface area contributed by atoms with Crippen molar-refractivity contribution in [2.75, 3.05) is 0 Å². The van der Waals surface area contributed by atoms with Gasteiger partial charge >= 0.3 is 5.97 Å². The van der Waals surface area contributed by atoms with Crippen LogP contribution in [-0.2, 0) is 4.74 Å². The molecule has 0 amide bonds. The third kappa shape index (κ3) is 2.57. The van der Waals surface area contributed by atoms with E-state index in [1.165, 1.54) is 24.5 Å². The van der Waals surface area contributed by atoms with Gasteiger partial charge in [-0.15, -0.1) is 0 Å². The summed E-state index contributed by atoms with van der Waals surface area (Å²) in [6, 6.07) is 3.87. The molecule has 1 aromatic rings. The minimum Gasteiger partial charge on any atom is -0.443 e. The van der Waals surface area contributed by atoms with Crippen LogP contribution in [0, 0.1) is 11.3 Å². The molecular formula is C11H10FN3O2. The molecule has 88 valence electrons. The standard InChI is InChI=1S/C11H10FN3O2/c12-8-5-10(15-9(8)6-13)17-11(16)7-1-3-14-4-2-7/h1-4,8-10,15H,5H2. The highest BCUT2D eigenvalue weighted by atomic mass is 19.1. The predicted octanol–water partition coefficient (Wildman–Crippen LogP) is 0.788. The molecule has 3 atom stereocenters. The van der Waals surface area contributed by atoms with Gasteiger partial charge in [0.1, 0.15) is 12.2 Å². The van der Waals surface area contributed by atoms with Gasteiger partial charge in [0, 0.05) is 18.8 Å². The summed E-state index contributed by atoms with van der Waals surface area (Å²) in [4.78, 5) is 15.4. The van der Waals surface area contributed by atoms with E-state index in [0.717, 1.165) is 0 Å². The van der Waals surface area contributed by atoms with Crippen LogP contribution in [0.3, 0.4) is 0 Å². The highest BCUT2D eigenvalue weighted by molar-refractivity contribution is 5.89. The van der Waals surface area contributed by atoms with Crippen molar-refractivity contribution in [3.63, 3.8) is 0 Å². The average Bonchev–Trinajstić information content (AvgIpc) is 2.70. The zero-order valence-corrected chi connectivity index (χ0v) is 8.84. The van der Waals surface area contributed by atoms with Crippen LogP contribution < -0.4 is 5.32 Å². The molecule has 0 aliphatic carbocycles. The first-order chi connectivity index (χ1) is 8.20. The second-order valence-electron chi connectivity index (χ2n) is 3.65. The van der Waals surface area contributed by atoms with Crippen LogP contribution in [0.1, 0.15) is 16.8 Å². The van der Waals surface area contributed by atoms with E-state index in [1.807, 2.05) is 0 Å². The molecule has 5 nitrogen and oxygen atoms in total. The molecule has 1 N–H and O–H groups in total. The van der Waals surface area contributed by atoms with E-state index < -0.39 is 24.4 Å². The zero-order chi connectivity index (χ0) is 12.3. The Morgan fingerprint density at radius 1 is 1.59 bits per heavy atom. The Morgan fingerprint density at radius 3 is 2.88 bits per heavy atom. The number of hydrogen-bond acceptors (Lipinski definition) is 5. The minimum atomic E-state index is -1.31. The van der Waals surface area contributed by atoms with E-state index in [1.54, 1.807) is 6.07 Å². The van der Waals surface area contributed by atoms with E-state index in [2.05, 4.69) is 10.3 Å². The lowest BCUT2D eigenvalue weighted by molar-refractivity contribution is 0.0252. The van der Waals surface area contributed by atoms with Crippen molar-refractivity contribution in [2.24, 2.45) is 0 Å². The Balaban J connectivity index is 1.95. The van der Waals surface area contributed by atoms with Crippen molar-refractivity contribution >= 4 is 5.97 Å². The number of carbonyl (C=O) groups excluding carboxylic acids is 1. The van der Waals surface area contributed by atoms with Gasteiger partial charge in [0.05, 0.1) is 11.6 Å². The number of nitrogens with one attached hydrogen (secondary N) is 1. The number of nitrogens with zero attached hydrogens (tertiary/aromatic N) is 2. The van der Waals surface area contributed by atoms with Gasteiger partial charge in [0.2, 0.25) is 0 Å².